The smallest absolute Gasteiger partial charge is 0.290 e. The van der Waals surface area contributed by atoms with Gasteiger partial charge in [-0.25, -0.2) is 9.97 Å². The van der Waals surface area contributed by atoms with E-state index in [4.69, 9.17) is 23.2 Å². The van der Waals surface area contributed by atoms with Crippen molar-refractivity contribution in [2.75, 3.05) is 5.32 Å². The van der Waals surface area contributed by atoms with Gasteiger partial charge >= 0.3 is 0 Å². The van der Waals surface area contributed by atoms with Crippen LogP contribution in [0.5, 0.6) is 0 Å². The molecule has 1 heterocycles. The van der Waals surface area contributed by atoms with E-state index in [1.807, 2.05) is 0 Å². The van der Waals surface area contributed by atoms with Crippen molar-refractivity contribution < 1.29 is 9.72 Å². The molecule has 0 saturated carbocycles. The van der Waals surface area contributed by atoms with Crippen LogP contribution >= 0.6 is 23.2 Å². The standard InChI is InChI=1S/C11H6Cl2N4O3/c12-8-1-6(2-9(10(8)13)17(19)20)11(18)16-7-3-14-5-15-4-7/h1-5H,(H,16,18). The van der Waals surface area contributed by atoms with Crippen molar-refractivity contribution in [1.29, 1.82) is 0 Å². The number of halogens is 2. The van der Waals surface area contributed by atoms with E-state index in [0.29, 0.717) is 5.69 Å². The third-order valence-electron chi connectivity index (χ3n) is 2.29. The molecule has 1 aromatic heterocycles. The Kier molecular flexibility index (Phi) is 4.11. The van der Waals surface area contributed by atoms with E-state index < -0.39 is 16.5 Å². The van der Waals surface area contributed by atoms with Gasteiger partial charge in [-0.15, -0.1) is 0 Å². The largest absolute Gasteiger partial charge is 0.319 e. The minimum Gasteiger partial charge on any atom is -0.319 e. The van der Waals surface area contributed by atoms with E-state index in [1.54, 1.807) is 0 Å². The van der Waals surface area contributed by atoms with E-state index in [9.17, 15) is 14.9 Å². The van der Waals surface area contributed by atoms with E-state index in [2.05, 4.69) is 15.3 Å². The quantitative estimate of drug-likeness (QED) is 0.694. The number of nitro groups is 1. The summed E-state index contributed by atoms with van der Waals surface area (Å²) in [6.45, 7) is 0. The fourth-order valence-corrected chi connectivity index (χ4v) is 1.80. The fourth-order valence-electron chi connectivity index (χ4n) is 1.41. The topological polar surface area (TPSA) is 98.0 Å². The number of hydrogen-bond donors (Lipinski definition) is 1. The summed E-state index contributed by atoms with van der Waals surface area (Å²) in [7, 11) is 0. The first-order valence-corrected chi connectivity index (χ1v) is 5.94. The predicted octanol–water partition coefficient (Wildman–Crippen LogP) is 2.94. The molecular formula is C11H6Cl2N4O3. The molecule has 1 N–H and O–H groups in total. The highest BCUT2D eigenvalue weighted by atomic mass is 35.5. The summed E-state index contributed by atoms with van der Waals surface area (Å²) in [5, 5.41) is 13.0. The minimum atomic E-state index is -0.712. The van der Waals surface area contributed by atoms with Crippen LogP contribution in [0.4, 0.5) is 11.4 Å². The molecule has 2 rings (SSSR count). The molecule has 102 valence electrons. The van der Waals surface area contributed by atoms with Gasteiger partial charge in [0.1, 0.15) is 11.3 Å². The van der Waals surface area contributed by atoms with E-state index in [1.165, 1.54) is 24.8 Å². The van der Waals surface area contributed by atoms with Gasteiger partial charge in [0, 0.05) is 11.6 Å². The van der Waals surface area contributed by atoms with Gasteiger partial charge in [0.2, 0.25) is 0 Å². The number of amides is 1. The first-order chi connectivity index (χ1) is 9.49. The molecule has 0 radical (unpaired) electrons. The minimum absolute atomic E-state index is 0.00922. The Labute approximate surface area is 122 Å². The Morgan fingerprint density at radius 1 is 1.25 bits per heavy atom. The SMILES string of the molecule is O=C(Nc1cncnc1)c1cc(Cl)c(Cl)c([N+](=O)[O-])c1. The summed E-state index contributed by atoms with van der Waals surface area (Å²) in [4.78, 5) is 29.5. The molecule has 1 aromatic carbocycles. The number of carbonyl (C=O) groups is 1. The second-order valence-electron chi connectivity index (χ2n) is 3.63. The van der Waals surface area contributed by atoms with Crippen LogP contribution in [0.25, 0.3) is 0 Å². The van der Waals surface area contributed by atoms with Crippen LogP contribution in [0.2, 0.25) is 10.0 Å². The van der Waals surface area contributed by atoms with Gasteiger partial charge in [-0.1, -0.05) is 23.2 Å². The molecule has 0 fully saturated rings. The van der Waals surface area contributed by atoms with Gasteiger partial charge in [0.25, 0.3) is 11.6 Å². The molecule has 0 atom stereocenters. The molecule has 9 heteroatoms. The maximum Gasteiger partial charge on any atom is 0.290 e. The number of nitrogens with zero attached hydrogens (tertiary/aromatic N) is 3. The zero-order valence-electron chi connectivity index (χ0n) is 9.71. The van der Waals surface area contributed by atoms with E-state index in [-0.39, 0.29) is 15.6 Å². The van der Waals surface area contributed by atoms with Gasteiger partial charge in [0.05, 0.1) is 28.0 Å². The van der Waals surface area contributed by atoms with Gasteiger partial charge in [-0.2, -0.15) is 0 Å². The molecule has 0 saturated heterocycles. The predicted molar refractivity (Wildman–Crippen MR) is 73.1 cm³/mol. The number of benzene rings is 1. The molecule has 0 aliphatic heterocycles. The third-order valence-corrected chi connectivity index (χ3v) is 3.08. The normalized spacial score (nSPS) is 10.1. The molecule has 1 amide bonds. The molecule has 7 nitrogen and oxygen atoms in total. The van der Waals surface area contributed by atoms with Crippen molar-refractivity contribution in [3.05, 3.63) is 56.6 Å². The summed E-state index contributed by atoms with van der Waals surface area (Å²) in [6, 6.07) is 2.30. The summed E-state index contributed by atoms with van der Waals surface area (Å²) in [6.07, 6.45) is 4.08. The molecule has 20 heavy (non-hydrogen) atoms. The van der Waals surface area contributed by atoms with Crippen LogP contribution in [-0.4, -0.2) is 20.8 Å². The zero-order valence-corrected chi connectivity index (χ0v) is 11.2. The summed E-state index contributed by atoms with van der Waals surface area (Å²) in [5.41, 5.74) is -0.0743. The van der Waals surface area contributed by atoms with Crippen LogP contribution in [-0.2, 0) is 0 Å². The maximum absolute atomic E-state index is 12.0. The molecule has 0 spiro atoms. The van der Waals surface area contributed by atoms with Crippen LogP contribution in [0.1, 0.15) is 10.4 Å². The highest BCUT2D eigenvalue weighted by Gasteiger charge is 2.20. The maximum atomic E-state index is 12.0. The second kappa shape index (κ2) is 5.81. The molecular weight excluding hydrogens is 307 g/mol. The number of nitro benzene ring substituents is 1. The van der Waals surface area contributed by atoms with Crippen LogP contribution < -0.4 is 5.32 Å². The lowest BCUT2D eigenvalue weighted by molar-refractivity contribution is -0.384. The number of rotatable bonds is 3. The van der Waals surface area contributed by atoms with Crippen molar-refractivity contribution in [1.82, 2.24) is 9.97 Å². The van der Waals surface area contributed by atoms with Crippen LogP contribution in [0, 0.1) is 10.1 Å². The molecule has 0 unspecified atom stereocenters. The lowest BCUT2D eigenvalue weighted by Crippen LogP contribution is -2.12. The zero-order chi connectivity index (χ0) is 14.7. The number of aromatic nitrogens is 2. The van der Waals surface area contributed by atoms with Gasteiger partial charge in [-0.05, 0) is 6.07 Å². The molecule has 0 aliphatic rings. The average Bonchev–Trinajstić information content (AvgIpc) is 2.42. The second-order valence-corrected chi connectivity index (χ2v) is 4.41. The van der Waals surface area contributed by atoms with Gasteiger partial charge in [0.15, 0.2) is 0 Å². The first kappa shape index (κ1) is 14.2. The Balaban J connectivity index is 2.33. The number of nitrogens with one attached hydrogen (secondary N) is 1. The molecule has 2 aromatic rings. The fraction of sp³-hybridized carbons (Fsp3) is 0. The van der Waals surface area contributed by atoms with Crippen molar-refractivity contribution in [3.63, 3.8) is 0 Å². The Morgan fingerprint density at radius 2 is 1.90 bits per heavy atom. The third kappa shape index (κ3) is 3.01. The number of hydrogen-bond acceptors (Lipinski definition) is 5. The number of anilines is 1. The first-order valence-electron chi connectivity index (χ1n) is 5.19. The van der Waals surface area contributed by atoms with Crippen molar-refractivity contribution in [2.24, 2.45) is 0 Å². The van der Waals surface area contributed by atoms with E-state index in [0.717, 1.165) is 6.07 Å². The lowest BCUT2D eigenvalue weighted by atomic mass is 10.2. The monoisotopic (exact) mass is 312 g/mol. The Morgan fingerprint density at radius 3 is 2.50 bits per heavy atom. The van der Waals surface area contributed by atoms with Crippen molar-refractivity contribution in [2.45, 2.75) is 0 Å². The average molecular weight is 313 g/mol. The van der Waals surface area contributed by atoms with Crippen molar-refractivity contribution in [3.8, 4) is 0 Å². The summed E-state index contributed by atoms with van der Waals surface area (Å²) >= 11 is 11.5. The van der Waals surface area contributed by atoms with Gasteiger partial charge < -0.3 is 5.32 Å². The summed E-state index contributed by atoms with van der Waals surface area (Å²) in [5.74, 6) is -0.582. The summed E-state index contributed by atoms with van der Waals surface area (Å²) < 4.78 is 0. The van der Waals surface area contributed by atoms with Crippen molar-refractivity contribution >= 4 is 40.5 Å². The van der Waals surface area contributed by atoms with Crippen LogP contribution in [0.15, 0.2) is 30.9 Å². The van der Waals surface area contributed by atoms with Gasteiger partial charge in [-0.3, -0.25) is 14.9 Å². The van der Waals surface area contributed by atoms with Crippen LogP contribution in [0.3, 0.4) is 0 Å². The lowest BCUT2D eigenvalue weighted by Gasteiger charge is -2.05. The number of carbonyl (C=O) groups excluding carboxylic acids is 1. The molecule has 0 bridgehead atoms. The highest BCUT2D eigenvalue weighted by molar-refractivity contribution is 6.43. The highest BCUT2D eigenvalue weighted by Crippen LogP contribution is 2.33. The Hall–Kier alpha value is -2.25. The van der Waals surface area contributed by atoms with E-state index >= 15 is 0 Å². The molecule has 0 aliphatic carbocycles. The Bertz CT molecular complexity index is 679.